The highest BCUT2D eigenvalue weighted by Crippen LogP contribution is 2.44. The van der Waals surface area contributed by atoms with Crippen LogP contribution < -0.4 is 5.32 Å². The summed E-state index contributed by atoms with van der Waals surface area (Å²) in [6, 6.07) is 0. The summed E-state index contributed by atoms with van der Waals surface area (Å²) in [5.74, 6) is 0. The number of likely N-dealkylation sites (N-methyl/N-ethyl adjacent to an activating group) is 1. The van der Waals surface area contributed by atoms with Crippen LogP contribution in [-0.4, -0.2) is 38.1 Å². The second kappa shape index (κ2) is 6.01. The molecule has 0 atom stereocenters. The van der Waals surface area contributed by atoms with E-state index in [1.807, 2.05) is 7.05 Å². The minimum Gasteiger partial charge on any atom is -0.316 e. The van der Waals surface area contributed by atoms with Gasteiger partial charge in [-0.15, -0.1) is 0 Å². The van der Waals surface area contributed by atoms with Gasteiger partial charge in [0, 0.05) is 13.1 Å². The molecular weight excluding hydrogens is 208 g/mol. The molecule has 1 saturated carbocycles. The summed E-state index contributed by atoms with van der Waals surface area (Å²) in [6.07, 6.45) is 10.3. The Balaban J connectivity index is 1.75. The van der Waals surface area contributed by atoms with Crippen LogP contribution in [0.4, 0.5) is 0 Å². The number of likely N-dealkylation sites (tertiary alicyclic amines) is 1. The predicted octanol–water partition coefficient (Wildman–Crippen LogP) is 2.81. The van der Waals surface area contributed by atoms with Gasteiger partial charge in [0.1, 0.15) is 0 Å². The highest BCUT2D eigenvalue weighted by Gasteiger charge is 2.35. The number of piperidine rings is 1. The summed E-state index contributed by atoms with van der Waals surface area (Å²) < 4.78 is 0. The van der Waals surface area contributed by atoms with E-state index in [1.165, 1.54) is 63.6 Å². The molecule has 1 N–H and O–H groups in total. The standard InChI is InChI=1S/C15H28N2/c1-14(12-16-2)13-17-10-8-15(9-11-17)6-4-3-5-7-15/h16H,1,3-13H2,2H3. The SMILES string of the molecule is C=C(CNC)CN1CCC2(CCCCC2)CC1. The van der Waals surface area contributed by atoms with Gasteiger partial charge in [0.25, 0.3) is 0 Å². The van der Waals surface area contributed by atoms with Gasteiger partial charge < -0.3 is 5.32 Å². The fraction of sp³-hybridized carbons (Fsp3) is 0.867. The van der Waals surface area contributed by atoms with Gasteiger partial charge in [-0.1, -0.05) is 25.8 Å². The summed E-state index contributed by atoms with van der Waals surface area (Å²) in [7, 11) is 2.00. The molecule has 2 nitrogen and oxygen atoms in total. The van der Waals surface area contributed by atoms with E-state index in [9.17, 15) is 0 Å². The van der Waals surface area contributed by atoms with E-state index >= 15 is 0 Å². The molecule has 2 rings (SSSR count). The van der Waals surface area contributed by atoms with Gasteiger partial charge in [0.2, 0.25) is 0 Å². The van der Waals surface area contributed by atoms with E-state index in [1.54, 1.807) is 0 Å². The highest BCUT2D eigenvalue weighted by molar-refractivity contribution is 5.01. The molecule has 2 fully saturated rings. The molecule has 1 aliphatic heterocycles. The Bertz CT molecular complexity index is 244. The molecule has 0 amide bonds. The molecule has 2 heteroatoms. The summed E-state index contributed by atoms with van der Waals surface area (Å²) in [5.41, 5.74) is 2.06. The van der Waals surface area contributed by atoms with Crippen molar-refractivity contribution in [1.29, 1.82) is 0 Å². The van der Waals surface area contributed by atoms with Crippen LogP contribution in [0.1, 0.15) is 44.9 Å². The lowest BCUT2D eigenvalue weighted by Gasteiger charge is -2.44. The Kier molecular flexibility index (Phi) is 4.63. The van der Waals surface area contributed by atoms with Crippen molar-refractivity contribution in [3.63, 3.8) is 0 Å². The molecule has 0 bridgehead atoms. The van der Waals surface area contributed by atoms with Crippen LogP contribution >= 0.6 is 0 Å². The second-order valence-corrected chi connectivity index (χ2v) is 6.12. The minimum atomic E-state index is 0.735. The molecule has 0 aromatic rings. The van der Waals surface area contributed by atoms with Crippen LogP contribution in [0.5, 0.6) is 0 Å². The molecule has 98 valence electrons. The number of hydrogen-bond donors (Lipinski definition) is 1. The zero-order valence-electron chi connectivity index (χ0n) is 11.4. The van der Waals surface area contributed by atoms with Crippen LogP contribution in [0, 0.1) is 5.41 Å². The van der Waals surface area contributed by atoms with Crippen molar-refractivity contribution < 1.29 is 0 Å². The van der Waals surface area contributed by atoms with Crippen molar-refractivity contribution in [2.45, 2.75) is 44.9 Å². The molecule has 1 heterocycles. The molecule has 0 aromatic heterocycles. The summed E-state index contributed by atoms with van der Waals surface area (Å²) in [4.78, 5) is 2.60. The molecule has 1 saturated heterocycles. The minimum absolute atomic E-state index is 0.735. The monoisotopic (exact) mass is 236 g/mol. The zero-order chi connectivity index (χ0) is 12.1. The lowest BCUT2D eigenvalue weighted by molar-refractivity contribution is 0.0723. The van der Waals surface area contributed by atoms with E-state index in [2.05, 4.69) is 16.8 Å². The first-order chi connectivity index (χ1) is 8.24. The second-order valence-electron chi connectivity index (χ2n) is 6.12. The molecule has 0 aromatic carbocycles. The Hall–Kier alpha value is -0.340. The smallest absolute Gasteiger partial charge is 0.0202 e. The quantitative estimate of drug-likeness (QED) is 0.755. The van der Waals surface area contributed by atoms with Crippen molar-refractivity contribution in [2.75, 3.05) is 33.2 Å². The Labute approximate surface area is 106 Å². The average molecular weight is 236 g/mol. The van der Waals surface area contributed by atoms with Gasteiger partial charge in [0.15, 0.2) is 0 Å². The summed E-state index contributed by atoms with van der Waals surface area (Å²) >= 11 is 0. The summed E-state index contributed by atoms with van der Waals surface area (Å²) in [5, 5.41) is 3.19. The first-order valence-corrected chi connectivity index (χ1v) is 7.28. The maximum atomic E-state index is 4.14. The van der Waals surface area contributed by atoms with Gasteiger partial charge in [0.05, 0.1) is 0 Å². The summed E-state index contributed by atoms with van der Waals surface area (Å²) in [6.45, 7) is 8.78. The maximum Gasteiger partial charge on any atom is 0.0202 e. The van der Waals surface area contributed by atoms with Gasteiger partial charge in [-0.05, 0) is 56.8 Å². The van der Waals surface area contributed by atoms with Crippen LogP contribution in [0.3, 0.4) is 0 Å². The van der Waals surface area contributed by atoms with Crippen molar-refractivity contribution in [1.82, 2.24) is 10.2 Å². The Morgan fingerprint density at radius 1 is 1.12 bits per heavy atom. The molecule has 0 unspecified atom stereocenters. The first kappa shape index (κ1) is 13.1. The third-order valence-corrected chi connectivity index (χ3v) is 4.70. The van der Waals surface area contributed by atoms with E-state index in [0.717, 1.165) is 18.5 Å². The van der Waals surface area contributed by atoms with E-state index in [-0.39, 0.29) is 0 Å². The van der Waals surface area contributed by atoms with Gasteiger partial charge in [-0.3, -0.25) is 4.90 Å². The Morgan fingerprint density at radius 3 is 2.35 bits per heavy atom. The number of nitrogens with zero attached hydrogens (tertiary/aromatic N) is 1. The van der Waals surface area contributed by atoms with Crippen LogP contribution in [-0.2, 0) is 0 Å². The van der Waals surface area contributed by atoms with Crippen molar-refractivity contribution in [2.24, 2.45) is 5.41 Å². The van der Waals surface area contributed by atoms with Crippen LogP contribution in [0.15, 0.2) is 12.2 Å². The molecule has 17 heavy (non-hydrogen) atoms. The Morgan fingerprint density at radius 2 is 1.76 bits per heavy atom. The third kappa shape index (κ3) is 3.56. The van der Waals surface area contributed by atoms with Gasteiger partial charge in [-0.25, -0.2) is 0 Å². The third-order valence-electron chi connectivity index (χ3n) is 4.70. The lowest BCUT2D eigenvalue weighted by atomic mass is 9.68. The average Bonchev–Trinajstić information content (AvgIpc) is 2.34. The molecule has 1 aliphatic carbocycles. The predicted molar refractivity (Wildman–Crippen MR) is 74.3 cm³/mol. The fourth-order valence-corrected chi connectivity index (χ4v) is 3.61. The van der Waals surface area contributed by atoms with Crippen LogP contribution in [0.2, 0.25) is 0 Å². The van der Waals surface area contributed by atoms with Gasteiger partial charge in [-0.2, -0.15) is 0 Å². The van der Waals surface area contributed by atoms with E-state index in [4.69, 9.17) is 0 Å². The maximum absolute atomic E-state index is 4.14. The van der Waals surface area contributed by atoms with Crippen LogP contribution in [0.25, 0.3) is 0 Å². The fourth-order valence-electron chi connectivity index (χ4n) is 3.61. The van der Waals surface area contributed by atoms with Crippen molar-refractivity contribution in [3.8, 4) is 0 Å². The normalized spacial score (nSPS) is 25.0. The molecule has 1 spiro atoms. The molecular formula is C15H28N2. The van der Waals surface area contributed by atoms with E-state index in [0.29, 0.717) is 0 Å². The number of nitrogens with one attached hydrogen (secondary N) is 1. The largest absolute Gasteiger partial charge is 0.316 e. The zero-order valence-corrected chi connectivity index (χ0v) is 11.4. The number of hydrogen-bond acceptors (Lipinski definition) is 2. The van der Waals surface area contributed by atoms with Crippen molar-refractivity contribution >= 4 is 0 Å². The van der Waals surface area contributed by atoms with Crippen molar-refractivity contribution in [3.05, 3.63) is 12.2 Å². The number of rotatable bonds is 4. The lowest BCUT2D eigenvalue weighted by Crippen LogP contribution is -2.42. The highest BCUT2D eigenvalue weighted by atomic mass is 15.1. The van der Waals surface area contributed by atoms with Gasteiger partial charge >= 0.3 is 0 Å². The molecule has 0 radical (unpaired) electrons. The first-order valence-electron chi connectivity index (χ1n) is 7.28. The van der Waals surface area contributed by atoms with E-state index < -0.39 is 0 Å². The topological polar surface area (TPSA) is 15.3 Å². The molecule has 2 aliphatic rings.